The van der Waals surface area contributed by atoms with Gasteiger partial charge >= 0.3 is 5.97 Å². The summed E-state index contributed by atoms with van der Waals surface area (Å²) in [5, 5.41) is 3.92. The minimum absolute atomic E-state index is 0.275. The average molecular weight is 454 g/mol. The van der Waals surface area contributed by atoms with Crippen molar-refractivity contribution in [3.63, 3.8) is 0 Å². The van der Waals surface area contributed by atoms with Crippen LogP contribution in [0.2, 0.25) is 0 Å². The Hall–Kier alpha value is -3.52. The van der Waals surface area contributed by atoms with Crippen molar-refractivity contribution in [1.82, 2.24) is 10.4 Å². The van der Waals surface area contributed by atoms with Gasteiger partial charge in [-0.15, -0.1) is 0 Å². The van der Waals surface area contributed by atoms with Crippen LogP contribution in [0.4, 0.5) is 0 Å². The number of methoxy groups -OCH3 is 1. The fourth-order valence-electron chi connectivity index (χ4n) is 2.32. The smallest absolute Gasteiger partial charge is 0.343 e. The summed E-state index contributed by atoms with van der Waals surface area (Å²) in [7, 11) is 1.47. The Morgan fingerprint density at radius 1 is 1.07 bits per heavy atom. The van der Waals surface area contributed by atoms with Gasteiger partial charge in [-0.2, -0.15) is 5.10 Å². The normalized spacial score (nSPS) is 10.6. The third-order valence-electron chi connectivity index (χ3n) is 3.77. The van der Waals surface area contributed by atoms with Gasteiger partial charge in [-0.1, -0.05) is 15.9 Å². The van der Waals surface area contributed by atoms with E-state index in [4.69, 9.17) is 9.47 Å². The van der Waals surface area contributed by atoms with Gasteiger partial charge in [-0.3, -0.25) is 9.78 Å². The molecule has 1 amide bonds. The monoisotopic (exact) mass is 453 g/mol. The van der Waals surface area contributed by atoms with Gasteiger partial charge in [-0.05, 0) is 60.2 Å². The summed E-state index contributed by atoms with van der Waals surface area (Å²) in [5.74, 6) is -0.239. The van der Waals surface area contributed by atoms with Gasteiger partial charge in [0.25, 0.3) is 5.91 Å². The molecule has 3 aromatic rings. The molecule has 0 radical (unpaired) electrons. The Kier molecular flexibility index (Phi) is 6.70. The summed E-state index contributed by atoms with van der Waals surface area (Å²) >= 11 is 3.32. The molecule has 0 atom stereocenters. The van der Waals surface area contributed by atoms with Gasteiger partial charge in [0.05, 0.1) is 24.5 Å². The maximum absolute atomic E-state index is 12.3. The predicted molar refractivity (Wildman–Crippen MR) is 111 cm³/mol. The summed E-state index contributed by atoms with van der Waals surface area (Å²) in [4.78, 5) is 28.1. The first-order chi connectivity index (χ1) is 14.1. The van der Waals surface area contributed by atoms with E-state index in [1.54, 1.807) is 60.8 Å². The zero-order valence-corrected chi connectivity index (χ0v) is 16.9. The molecule has 1 N–H and O–H groups in total. The molecule has 146 valence electrons. The minimum atomic E-state index is -0.499. The minimum Gasteiger partial charge on any atom is -0.493 e. The highest BCUT2D eigenvalue weighted by Crippen LogP contribution is 2.28. The number of esters is 1. The fourth-order valence-corrected chi connectivity index (χ4v) is 2.58. The second kappa shape index (κ2) is 9.61. The van der Waals surface area contributed by atoms with Crippen LogP contribution in [0.15, 0.2) is 76.6 Å². The molecule has 0 aliphatic carbocycles. The lowest BCUT2D eigenvalue weighted by molar-refractivity contribution is 0.0729. The molecule has 3 rings (SSSR count). The molecule has 0 aliphatic rings. The number of ether oxygens (including phenoxy) is 2. The number of nitrogens with zero attached hydrogens (tertiary/aromatic N) is 2. The van der Waals surface area contributed by atoms with E-state index in [1.807, 2.05) is 0 Å². The second-order valence-electron chi connectivity index (χ2n) is 5.75. The van der Waals surface area contributed by atoms with Crippen molar-refractivity contribution in [2.75, 3.05) is 7.11 Å². The molecule has 0 spiro atoms. The van der Waals surface area contributed by atoms with E-state index in [1.165, 1.54) is 19.5 Å². The second-order valence-corrected chi connectivity index (χ2v) is 6.66. The summed E-state index contributed by atoms with van der Waals surface area (Å²) < 4.78 is 11.6. The Bertz CT molecular complexity index is 1040. The maximum atomic E-state index is 12.3. The number of hydrazone groups is 1. The Morgan fingerprint density at radius 2 is 1.86 bits per heavy atom. The lowest BCUT2D eigenvalue weighted by Crippen LogP contribution is -2.17. The number of hydrogen-bond acceptors (Lipinski definition) is 6. The van der Waals surface area contributed by atoms with Crippen LogP contribution in [0.3, 0.4) is 0 Å². The third kappa shape index (κ3) is 5.49. The van der Waals surface area contributed by atoms with Crippen molar-refractivity contribution >= 4 is 34.0 Å². The van der Waals surface area contributed by atoms with Gasteiger partial charge in [0, 0.05) is 16.9 Å². The molecule has 1 heterocycles. The van der Waals surface area contributed by atoms with Crippen LogP contribution in [0.5, 0.6) is 11.5 Å². The van der Waals surface area contributed by atoms with Crippen LogP contribution in [-0.2, 0) is 0 Å². The topological polar surface area (TPSA) is 89.9 Å². The number of pyridine rings is 1. The summed E-state index contributed by atoms with van der Waals surface area (Å²) in [6.07, 6.45) is 4.48. The number of halogens is 1. The first-order valence-corrected chi connectivity index (χ1v) is 9.25. The van der Waals surface area contributed by atoms with Gasteiger partial charge in [-0.25, -0.2) is 10.2 Å². The molecule has 0 saturated carbocycles. The third-order valence-corrected chi connectivity index (χ3v) is 4.30. The standard InChI is InChI=1S/C21H16BrN3O4/c1-28-19-11-14(12-24-25-20(26)16-3-2-10-23-13-16)4-9-18(19)29-21(27)15-5-7-17(22)8-6-15/h2-13H,1H3,(H,25,26)/b24-12+. The van der Waals surface area contributed by atoms with E-state index in [0.29, 0.717) is 22.4 Å². The SMILES string of the molecule is COc1cc(/C=N/NC(=O)c2cccnc2)ccc1OC(=O)c1ccc(Br)cc1. The molecular weight excluding hydrogens is 438 g/mol. The highest BCUT2D eigenvalue weighted by molar-refractivity contribution is 9.10. The number of benzene rings is 2. The molecule has 0 unspecified atom stereocenters. The lowest BCUT2D eigenvalue weighted by Gasteiger charge is -2.10. The number of carbonyl (C=O) groups is 2. The van der Waals surface area contributed by atoms with Crippen molar-refractivity contribution in [3.8, 4) is 11.5 Å². The maximum Gasteiger partial charge on any atom is 0.343 e. The van der Waals surface area contributed by atoms with E-state index in [0.717, 1.165) is 4.47 Å². The Morgan fingerprint density at radius 3 is 2.55 bits per heavy atom. The number of aromatic nitrogens is 1. The summed E-state index contributed by atoms with van der Waals surface area (Å²) in [5.41, 5.74) is 3.88. The van der Waals surface area contributed by atoms with Gasteiger partial charge in [0.15, 0.2) is 11.5 Å². The van der Waals surface area contributed by atoms with Crippen molar-refractivity contribution < 1.29 is 19.1 Å². The van der Waals surface area contributed by atoms with Crippen LogP contribution in [0, 0.1) is 0 Å². The van der Waals surface area contributed by atoms with Crippen molar-refractivity contribution in [1.29, 1.82) is 0 Å². The molecule has 0 aliphatic heterocycles. The number of amides is 1. The number of hydrogen-bond donors (Lipinski definition) is 1. The highest BCUT2D eigenvalue weighted by Gasteiger charge is 2.13. The number of rotatable bonds is 6. The summed E-state index contributed by atoms with van der Waals surface area (Å²) in [6, 6.07) is 15.1. The van der Waals surface area contributed by atoms with Crippen LogP contribution in [-0.4, -0.2) is 30.2 Å². The van der Waals surface area contributed by atoms with Crippen LogP contribution in [0.25, 0.3) is 0 Å². The van der Waals surface area contributed by atoms with Crippen LogP contribution in [0.1, 0.15) is 26.3 Å². The van der Waals surface area contributed by atoms with Crippen LogP contribution >= 0.6 is 15.9 Å². The molecule has 0 fully saturated rings. The number of carbonyl (C=O) groups excluding carboxylic acids is 2. The fraction of sp³-hybridized carbons (Fsp3) is 0.0476. The zero-order valence-electron chi connectivity index (χ0n) is 15.3. The molecule has 1 aromatic heterocycles. The Labute approximate surface area is 175 Å². The van der Waals surface area contributed by atoms with E-state index in [2.05, 4.69) is 31.4 Å². The van der Waals surface area contributed by atoms with Crippen LogP contribution < -0.4 is 14.9 Å². The van der Waals surface area contributed by atoms with E-state index in [-0.39, 0.29) is 11.7 Å². The quantitative estimate of drug-likeness (QED) is 0.265. The molecular formula is C21H16BrN3O4. The first kappa shape index (κ1) is 20.2. The first-order valence-electron chi connectivity index (χ1n) is 8.46. The molecule has 2 aromatic carbocycles. The lowest BCUT2D eigenvalue weighted by atomic mass is 10.2. The van der Waals surface area contributed by atoms with Crippen molar-refractivity contribution in [2.24, 2.45) is 5.10 Å². The highest BCUT2D eigenvalue weighted by atomic mass is 79.9. The number of nitrogens with one attached hydrogen (secondary N) is 1. The molecule has 7 nitrogen and oxygen atoms in total. The van der Waals surface area contributed by atoms with E-state index >= 15 is 0 Å². The average Bonchev–Trinajstić information content (AvgIpc) is 2.75. The summed E-state index contributed by atoms with van der Waals surface area (Å²) in [6.45, 7) is 0. The zero-order chi connectivity index (χ0) is 20.6. The Balaban J connectivity index is 1.67. The molecule has 0 saturated heterocycles. The molecule has 0 bridgehead atoms. The van der Waals surface area contributed by atoms with Crippen molar-refractivity contribution in [2.45, 2.75) is 0 Å². The van der Waals surface area contributed by atoms with Gasteiger partial charge in [0.1, 0.15) is 0 Å². The molecule has 8 heteroatoms. The largest absolute Gasteiger partial charge is 0.493 e. The van der Waals surface area contributed by atoms with Gasteiger partial charge < -0.3 is 9.47 Å². The predicted octanol–water partition coefficient (Wildman–Crippen LogP) is 3.84. The van der Waals surface area contributed by atoms with Gasteiger partial charge in [0.2, 0.25) is 0 Å². The van der Waals surface area contributed by atoms with Crippen molar-refractivity contribution in [3.05, 3.63) is 88.2 Å². The van der Waals surface area contributed by atoms with E-state index < -0.39 is 5.97 Å². The van der Waals surface area contributed by atoms with E-state index in [9.17, 15) is 9.59 Å². The molecule has 29 heavy (non-hydrogen) atoms.